The molecule has 3 rings (SSSR count). The zero-order valence-corrected chi connectivity index (χ0v) is 13.6. The van der Waals surface area contributed by atoms with E-state index >= 15 is 0 Å². The third-order valence-corrected chi connectivity index (χ3v) is 4.64. The number of pyridine rings is 1. The van der Waals surface area contributed by atoms with Gasteiger partial charge in [-0.15, -0.1) is 0 Å². The van der Waals surface area contributed by atoms with Gasteiger partial charge in [0, 0.05) is 23.5 Å². The molecule has 0 aliphatic carbocycles. The van der Waals surface area contributed by atoms with Crippen molar-refractivity contribution < 1.29 is 4.39 Å². The van der Waals surface area contributed by atoms with Crippen molar-refractivity contribution in [2.75, 3.05) is 25.0 Å². The fraction of sp³-hybridized carbons (Fsp3) is 0.500. The van der Waals surface area contributed by atoms with Crippen molar-refractivity contribution in [1.82, 2.24) is 9.88 Å². The third kappa shape index (κ3) is 3.07. The molecule has 1 saturated heterocycles. The number of fused-ring (bicyclic) bond motifs is 1. The maximum absolute atomic E-state index is 13.4. The molecule has 0 saturated carbocycles. The Kier molecular flexibility index (Phi) is 4.04. The van der Waals surface area contributed by atoms with Crippen molar-refractivity contribution >= 4 is 16.7 Å². The molecule has 1 aromatic carbocycles. The van der Waals surface area contributed by atoms with Crippen LogP contribution in [0.15, 0.2) is 24.3 Å². The lowest BCUT2D eigenvalue weighted by Crippen LogP contribution is -2.47. The minimum Gasteiger partial charge on any atom is -0.368 e. The molecule has 1 aliphatic heterocycles. The largest absolute Gasteiger partial charge is 0.368 e. The molecule has 0 amide bonds. The highest BCUT2D eigenvalue weighted by Gasteiger charge is 2.28. The number of likely N-dealkylation sites (tertiary alicyclic amines) is 1. The highest BCUT2D eigenvalue weighted by atomic mass is 19.1. The third-order valence-electron chi connectivity index (χ3n) is 4.64. The van der Waals surface area contributed by atoms with Gasteiger partial charge in [0.15, 0.2) is 0 Å². The molecular formula is C18H24FN3. The van der Waals surface area contributed by atoms with Crippen LogP contribution in [0.1, 0.15) is 32.3 Å². The van der Waals surface area contributed by atoms with Gasteiger partial charge in [-0.1, -0.05) is 0 Å². The Morgan fingerprint density at radius 3 is 2.68 bits per heavy atom. The van der Waals surface area contributed by atoms with Gasteiger partial charge in [-0.2, -0.15) is 0 Å². The zero-order valence-electron chi connectivity index (χ0n) is 13.6. The molecule has 1 aromatic heterocycles. The first-order valence-electron chi connectivity index (χ1n) is 8.01. The SMILES string of the molecule is Cc1cc(NCC(C)(C)N2CCCC2)nc2cc(F)ccc12. The van der Waals surface area contributed by atoms with Gasteiger partial charge in [0.2, 0.25) is 0 Å². The van der Waals surface area contributed by atoms with Crippen molar-refractivity contribution in [3.05, 3.63) is 35.6 Å². The fourth-order valence-electron chi connectivity index (χ4n) is 3.21. The first kappa shape index (κ1) is 15.2. The molecule has 118 valence electrons. The van der Waals surface area contributed by atoms with Gasteiger partial charge in [0.1, 0.15) is 11.6 Å². The van der Waals surface area contributed by atoms with Crippen LogP contribution < -0.4 is 5.32 Å². The van der Waals surface area contributed by atoms with E-state index in [-0.39, 0.29) is 11.4 Å². The predicted molar refractivity (Wildman–Crippen MR) is 89.8 cm³/mol. The Bertz CT molecular complexity index is 675. The fourth-order valence-corrected chi connectivity index (χ4v) is 3.21. The lowest BCUT2D eigenvalue weighted by molar-refractivity contribution is 0.168. The standard InChI is InChI=1S/C18H24FN3/c1-13-10-17(21-16-11-14(19)6-7-15(13)16)20-12-18(2,3)22-8-4-5-9-22/h6-7,10-11H,4-5,8-9,12H2,1-3H3,(H,20,21). The first-order valence-corrected chi connectivity index (χ1v) is 8.01. The van der Waals surface area contributed by atoms with Gasteiger partial charge in [-0.3, -0.25) is 4.90 Å². The summed E-state index contributed by atoms with van der Waals surface area (Å²) in [4.78, 5) is 7.08. The Hall–Kier alpha value is -1.68. The molecule has 0 spiro atoms. The Morgan fingerprint density at radius 2 is 1.95 bits per heavy atom. The van der Waals surface area contributed by atoms with Crippen LogP contribution in [-0.2, 0) is 0 Å². The number of nitrogens with one attached hydrogen (secondary N) is 1. The number of hydrogen-bond acceptors (Lipinski definition) is 3. The van der Waals surface area contributed by atoms with Gasteiger partial charge in [0.25, 0.3) is 0 Å². The van der Waals surface area contributed by atoms with Gasteiger partial charge in [0.05, 0.1) is 5.52 Å². The van der Waals surface area contributed by atoms with Crippen LogP contribution in [0.4, 0.5) is 10.2 Å². The van der Waals surface area contributed by atoms with E-state index < -0.39 is 0 Å². The topological polar surface area (TPSA) is 28.2 Å². The summed E-state index contributed by atoms with van der Waals surface area (Å²) in [6.07, 6.45) is 2.58. The van der Waals surface area contributed by atoms with E-state index in [0.29, 0.717) is 5.52 Å². The molecule has 1 fully saturated rings. The zero-order chi connectivity index (χ0) is 15.7. The summed E-state index contributed by atoms with van der Waals surface area (Å²) in [5, 5.41) is 4.44. The molecule has 2 heterocycles. The average molecular weight is 301 g/mol. The van der Waals surface area contributed by atoms with E-state index in [9.17, 15) is 4.39 Å². The molecule has 3 nitrogen and oxygen atoms in total. The summed E-state index contributed by atoms with van der Waals surface area (Å²) in [7, 11) is 0. The van der Waals surface area contributed by atoms with Crippen molar-refractivity contribution in [2.24, 2.45) is 0 Å². The van der Waals surface area contributed by atoms with Gasteiger partial charge < -0.3 is 5.32 Å². The second-order valence-electron chi connectivity index (χ2n) is 6.85. The van der Waals surface area contributed by atoms with Crippen LogP contribution in [0.3, 0.4) is 0 Å². The first-order chi connectivity index (χ1) is 10.5. The summed E-state index contributed by atoms with van der Waals surface area (Å²) in [6, 6.07) is 6.82. The molecule has 22 heavy (non-hydrogen) atoms. The summed E-state index contributed by atoms with van der Waals surface area (Å²) >= 11 is 0. The number of aryl methyl sites for hydroxylation is 1. The second-order valence-corrected chi connectivity index (χ2v) is 6.85. The predicted octanol–water partition coefficient (Wildman–Crippen LogP) is 3.97. The van der Waals surface area contributed by atoms with E-state index in [0.717, 1.165) is 23.3 Å². The summed E-state index contributed by atoms with van der Waals surface area (Å²) < 4.78 is 13.4. The van der Waals surface area contributed by atoms with Crippen LogP contribution in [0, 0.1) is 12.7 Å². The Morgan fingerprint density at radius 1 is 1.23 bits per heavy atom. The van der Waals surface area contributed by atoms with Crippen molar-refractivity contribution in [3.8, 4) is 0 Å². The van der Waals surface area contributed by atoms with Crippen LogP contribution >= 0.6 is 0 Å². The van der Waals surface area contributed by atoms with E-state index in [1.54, 1.807) is 6.07 Å². The normalized spacial score (nSPS) is 16.4. The molecule has 0 unspecified atom stereocenters. The lowest BCUT2D eigenvalue weighted by Gasteiger charge is -2.35. The molecule has 0 atom stereocenters. The maximum atomic E-state index is 13.4. The lowest BCUT2D eigenvalue weighted by atomic mass is 10.0. The molecule has 2 aromatic rings. The molecular weight excluding hydrogens is 277 g/mol. The molecule has 1 aliphatic rings. The van der Waals surface area contributed by atoms with Crippen LogP contribution in [0.5, 0.6) is 0 Å². The number of halogens is 1. The molecule has 4 heteroatoms. The van der Waals surface area contributed by atoms with Crippen molar-refractivity contribution in [1.29, 1.82) is 0 Å². The summed E-state index contributed by atoms with van der Waals surface area (Å²) in [5.41, 5.74) is 1.93. The van der Waals surface area contributed by atoms with Crippen LogP contribution in [-0.4, -0.2) is 35.1 Å². The minimum absolute atomic E-state index is 0.100. The second kappa shape index (κ2) is 5.84. The smallest absolute Gasteiger partial charge is 0.126 e. The van der Waals surface area contributed by atoms with E-state index in [2.05, 4.69) is 29.0 Å². The highest BCUT2D eigenvalue weighted by molar-refractivity contribution is 5.83. The van der Waals surface area contributed by atoms with Crippen LogP contribution in [0.2, 0.25) is 0 Å². The Balaban J connectivity index is 1.79. The monoisotopic (exact) mass is 301 g/mol. The summed E-state index contributed by atoms with van der Waals surface area (Å²) in [5.74, 6) is 0.580. The van der Waals surface area contributed by atoms with Crippen molar-refractivity contribution in [3.63, 3.8) is 0 Å². The molecule has 0 bridgehead atoms. The Labute approximate surface area is 131 Å². The number of anilines is 1. The number of rotatable bonds is 4. The number of benzene rings is 1. The van der Waals surface area contributed by atoms with E-state index in [1.165, 1.54) is 38.1 Å². The molecule has 0 radical (unpaired) electrons. The minimum atomic E-state index is -0.242. The van der Waals surface area contributed by atoms with E-state index in [4.69, 9.17) is 0 Å². The quantitative estimate of drug-likeness (QED) is 0.926. The van der Waals surface area contributed by atoms with Crippen molar-refractivity contribution in [2.45, 2.75) is 39.2 Å². The summed E-state index contributed by atoms with van der Waals surface area (Å²) in [6.45, 7) is 9.74. The highest BCUT2D eigenvalue weighted by Crippen LogP contribution is 2.24. The average Bonchev–Trinajstić information content (AvgIpc) is 3.00. The number of hydrogen-bond donors (Lipinski definition) is 1. The number of aromatic nitrogens is 1. The van der Waals surface area contributed by atoms with Gasteiger partial charge in [-0.05, 0) is 70.5 Å². The van der Waals surface area contributed by atoms with Crippen LogP contribution in [0.25, 0.3) is 10.9 Å². The molecule has 1 N–H and O–H groups in total. The van der Waals surface area contributed by atoms with Gasteiger partial charge in [-0.25, -0.2) is 9.37 Å². The maximum Gasteiger partial charge on any atom is 0.126 e. The van der Waals surface area contributed by atoms with Gasteiger partial charge >= 0.3 is 0 Å². The van der Waals surface area contributed by atoms with E-state index in [1.807, 2.05) is 13.0 Å². The number of nitrogens with zero attached hydrogens (tertiary/aromatic N) is 2.